The van der Waals surface area contributed by atoms with Gasteiger partial charge in [0.1, 0.15) is 5.75 Å². The minimum Gasteiger partial charge on any atom is -0.508 e. The Bertz CT molecular complexity index is 576. The fourth-order valence-electron chi connectivity index (χ4n) is 2.83. The van der Waals surface area contributed by atoms with Crippen LogP contribution in [0.5, 0.6) is 5.75 Å². The molecule has 3 N–H and O–H groups in total. The highest BCUT2D eigenvalue weighted by Crippen LogP contribution is 2.33. The maximum Gasteiger partial charge on any atom is 0.244 e. The molecular formula is C15H19N3O2. The van der Waals surface area contributed by atoms with Gasteiger partial charge >= 0.3 is 0 Å². The highest BCUT2D eigenvalue weighted by Gasteiger charge is 2.26. The molecule has 0 bridgehead atoms. The number of phenolic OH excluding ortho intramolecular Hbond substituents is 1. The molecule has 0 spiro atoms. The lowest BCUT2D eigenvalue weighted by molar-refractivity contribution is 0.255. The third-order valence-electron chi connectivity index (χ3n) is 3.99. The van der Waals surface area contributed by atoms with E-state index in [1.807, 2.05) is 6.07 Å². The van der Waals surface area contributed by atoms with E-state index in [0.717, 1.165) is 18.4 Å². The second kappa shape index (κ2) is 5.63. The summed E-state index contributed by atoms with van der Waals surface area (Å²) in [5.41, 5.74) is 6.98. The standard InChI is InChI=1S/C15H19N3O2/c16-13(10-5-2-1-3-6-10)15-17-14(18-20-15)11-7-4-8-12(19)9-11/h4,7-10,13,19H,1-3,5-6,16H2. The van der Waals surface area contributed by atoms with Crippen LogP contribution in [0.15, 0.2) is 28.8 Å². The van der Waals surface area contributed by atoms with Crippen LogP contribution in [0.2, 0.25) is 0 Å². The van der Waals surface area contributed by atoms with Gasteiger partial charge in [0.25, 0.3) is 0 Å². The number of nitrogens with zero attached hydrogens (tertiary/aromatic N) is 2. The van der Waals surface area contributed by atoms with Gasteiger partial charge in [-0.05, 0) is 30.9 Å². The van der Waals surface area contributed by atoms with E-state index in [4.69, 9.17) is 10.3 Å². The summed E-state index contributed by atoms with van der Waals surface area (Å²) in [6.07, 6.45) is 6.01. The molecular weight excluding hydrogens is 254 g/mol. The monoisotopic (exact) mass is 273 g/mol. The molecule has 3 rings (SSSR count). The number of aromatic nitrogens is 2. The molecule has 2 aromatic rings. The zero-order valence-electron chi connectivity index (χ0n) is 11.3. The van der Waals surface area contributed by atoms with E-state index in [0.29, 0.717) is 17.6 Å². The van der Waals surface area contributed by atoms with Gasteiger partial charge in [0.05, 0.1) is 6.04 Å². The number of benzene rings is 1. The van der Waals surface area contributed by atoms with E-state index < -0.39 is 0 Å². The molecule has 0 saturated heterocycles. The molecule has 0 amide bonds. The predicted molar refractivity (Wildman–Crippen MR) is 74.9 cm³/mol. The Morgan fingerprint density at radius 3 is 2.80 bits per heavy atom. The molecule has 106 valence electrons. The first kappa shape index (κ1) is 13.1. The smallest absolute Gasteiger partial charge is 0.244 e. The molecule has 1 saturated carbocycles. The SMILES string of the molecule is NC(c1nc(-c2cccc(O)c2)no1)C1CCCCC1. The van der Waals surface area contributed by atoms with Gasteiger partial charge in [0.15, 0.2) is 0 Å². The van der Waals surface area contributed by atoms with Crippen LogP contribution in [0, 0.1) is 5.92 Å². The van der Waals surface area contributed by atoms with E-state index in [1.165, 1.54) is 19.3 Å². The fraction of sp³-hybridized carbons (Fsp3) is 0.467. The van der Waals surface area contributed by atoms with Crippen LogP contribution in [-0.2, 0) is 0 Å². The molecule has 1 atom stereocenters. The first-order chi connectivity index (χ1) is 9.74. The number of rotatable bonds is 3. The fourth-order valence-corrected chi connectivity index (χ4v) is 2.83. The van der Waals surface area contributed by atoms with Crippen LogP contribution in [-0.4, -0.2) is 15.2 Å². The van der Waals surface area contributed by atoms with Crippen LogP contribution >= 0.6 is 0 Å². The van der Waals surface area contributed by atoms with E-state index in [9.17, 15) is 5.11 Å². The normalized spacial score (nSPS) is 18.1. The topological polar surface area (TPSA) is 85.2 Å². The summed E-state index contributed by atoms with van der Waals surface area (Å²) < 4.78 is 5.31. The van der Waals surface area contributed by atoms with Crippen LogP contribution in [0.4, 0.5) is 0 Å². The molecule has 1 heterocycles. The zero-order valence-corrected chi connectivity index (χ0v) is 11.3. The average Bonchev–Trinajstić information content (AvgIpc) is 2.97. The predicted octanol–water partition coefficient (Wildman–Crippen LogP) is 3.02. The van der Waals surface area contributed by atoms with Gasteiger partial charge in [-0.2, -0.15) is 4.98 Å². The summed E-state index contributed by atoms with van der Waals surface area (Å²) in [6.45, 7) is 0. The lowest BCUT2D eigenvalue weighted by Gasteiger charge is -2.24. The molecule has 1 aromatic carbocycles. The van der Waals surface area contributed by atoms with Gasteiger partial charge in [0.2, 0.25) is 11.7 Å². The number of aromatic hydroxyl groups is 1. The Hall–Kier alpha value is -1.88. The van der Waals surface area contributed by atoms with Crippen molar-refractivity contribution in [3.05, 3.63) is 30.2 Å². The van der Waals surface area contributed by atoms with Crippen LogP contribution < -0.4 is 5.73 Å². The third kappa shape index (κ3) is 2.67. The maximum absolute atomic E-state index is 9.48. The Morgan fingerprint density at radius 2 is 2.05 bits per heavy atom. The summed E-state index contributed by atoms with van der Waals surface area (Å²) >= 11 is 0. The van der Waals surface area contributed by atoms with Crippen molar-refractivity contribution < 1.29 is 9.63 Å². The largest absolute Gasteiger partial charge is 0.508 e. The number of nitrogens with two attached hydrogens (primary N) is 1. The van der Waals surface area contributed by atoms with Crippen molar-refractivity contribution >= 4 is 0 Å². The van der Waals surface area contributed by atoms with Gasteiger partial charge in [0, 0.05) is 5.56 Å². The molecule has 1 aromatic heterocycles. The Kier molecular flexibility index (Phi) is 3.69. The second-order valence-corrected chi connectivity index (χ2v) is 5.43. The van der Waals surface area contributed by atoms with Gasteiger partial charge in [-0.1, -0.05) is 36.6 Å². The summed E-state index contributed by atoms with van der Waals surface area (Å²) in [5, 5.41) is 13.4. The van der Waals surface area contributed by atoms with E-state index in [2.05, 4.69) is 10.1 Å². The van der Waals surface area contributed by atoms with Crippen molar-refractivity contribution in [1.29, 1.82) is 0 Å². The van der Waals surface area contributed by atoms with Crippen molar-refractivity contribution in [2.45, 2.75) is 38.1 Å². The average molecular weight is 273 g/mol. The maximum atomic E-state index is 9.48. The van der Waals surface area contributed by atoms with Crippen LogP contribution in [0.1, 0.15) is 44.0 Å². The van der Waals surface area contributed by atoms with Gasteiger partial charge < -0.3 is 15.4 Å². The lowest BCUT2D eigenvalue weighted by Crippen LogP contribution is -2.23. The Labute approximate surface area is 117 Å². The molecule has 1 unspecified atom stereocenters. The number of hydrogen-bond acceptors (Lipinski definition) is 5. The summed E-state index contributed by atoms with van der Waals surface area (Å²) in [7, 11) is 0. The lowest BCUT2D eigenvalue weighted by atomic mass is 9.84. The summed E-state index contributed by atoms with van der Waals surface area (Å²) in [6, 6.07) is 6.62. The molecule has 1 aliphatic rings. The van der Waals surface area contributed by atoms with Gasteiger partial charge in [-0.3, -0.25) is 0 Å². The third-order valence-corrected chi connectivity index (χ3v) is 3.99. The van der Waals surface area contributed by atoms with Crippen molar-refractivity contribution in [3.63, 3.8) is 0 Å². The van der Waals surface area contributed by atoms with Crippen molar-refractivity contribution in [2.24, 2.45) is 11.7 Å². The Morgan fingerprint density at radius 1 is 1.25 bits per heavy atom. The van der Waals surface area contributed by atoms with Crippen LogP contribution in [0.3, 0.4) is 0 Å². The van der Waals surface area contributed by atoms with Crippen LogP contribution in [0.25, 0.3) is 11.4 Å². The molecule has 20 heavy (non-hydrogen) atoms. The zero-order chi connectivity index (χ0) is 13.9. The van der Waals surface area contributed by atoms with E-state index >= 15 is 0 Å². The van der Waals surface area contributed by atoms with Crippen molar-refractivity contribution in [2.75, 3.05) is 0 Å². The number of hydrogen-bond donors (Lipinski definition) is 2. The molecule has 5 heteroatoms. The summed E-state index contributed by atoms with van der Waals surface area (Å²) in [5.74, 6) is 1.59. The molecule has 1 aliphatic carbocycles. The highest BCUT2D eigenvalue weighted by molar-refractivity contribution is 5.56. The van der Waals surface area contributed by atoms with E-state index in [-0.39, 0.29) is 11.8 Å². The first-order valence-electron chi connectivity index (χ1n) is 7.12. The van der Waals surface area contributed by atoms with Crippen molar-refractivity contribution in [3.8, 4) is 17.1 Å². The quantitative estimate of drug-likeness (QED) is 0.897. The number of phenols is 1. The minimum atomic E-state index is -0.186. The first-order valence-corrected chi connectivity index (χ1v) is 7.12. The highest BCUT2D eigenvalue weighted by atomic mass is 16.5. The second-order valence-electron chi connectivity index (χ2n) is 5.43. The molecule has 0 radical (unpaired) electrons. The molecule has 0 aliphatic heterocycles. The van der Waals surface area contributed by atoms with Gasteiger partial charge in [-0.15, -0.1) is 0 Å². The Balaban J connectivity index is 1.79. The van der Waals surface area contributed by atoms with Gasteiger partial charge in [-0.25, -0.2) is 0 Å². The minimum absolute atomic E-state index is 0.186. The van der Waals surface area contributed by atoms with Crippen molar-refractivity contribution in [1.82, 2.24) is 10.1 Å². The van der Waals surface area contributed by atoms with E-state index in [1.54, 1.807) is 18.2 Å². The molecule has 5 nitrogen and oxygen atoms in total. The molecule has 1 fully saturated rings. The summed E-state index contributed by atoms with van der Waals surface area (Å²) in [4.78, 5) is 4.38.